The summed E-state index contributed by atoms with van der Waals surface area (Å²) < 4.78 is 6.40. The molecule has 3 aromatic rings. The molecule has 1 fully saturated rings. The van der Waals surface area contributed by atoms with E-state index in [1.807, 2.05) is 42.5 Å². The number of hydrogen-bond acceptors (Lipinski definition) is 5. The van der Waals surface area contributed by atoms with Gasteiger partial charge in [-0.05, 0) is 42.7 Å². The smallest absolute Gasteiger partial charge is 0.225 e. The second-order valence-electron chi connectivity index (χ2n) is 6.92. The number of amides is 1. The third-order valence-electron chi connectivity index (χ3n) is 5.06. The highest BCUT2D eigenvalue weighted by atomic mass is 35.5. The first-order valence-electron chi connectivity index (χ1n) is 9.34. The highest BCUT2D eigenvalue weighted by Gasteiger charge is 2.27. The van der Waals surface area contributed by atoms with Crippen LogP contribution in [0.4, 0.5) is 5.13 Å². The van der Waals surface area contributed by atoms with E-state index >= 15 is 0 Å². The second kappa shape index (κ2) is 8.37. The fraction of sp³-hybridized carbons (Fsp3) is 0.333. The molecule has 0 radical (unpaired) electrons. The third-order valence-corrected chi connectivity index (χ3v) is 6.51. The van der Waals surface area contributed by atoms with Crippen LogP contribution in [0.5, 0.6) is 5.75 Å². The van der Waals surface area contributed by atoms with Crippen LogP contribution in [0.25, 0.3) is 10.2 Å². The number of anilines is 1. The summed E-state index contributed by atoms with van der Waals surface area (Å²) in [7, 11) is 1.67. The van der Waals surface area contributed by atoms with E-state index in [2.05, 4.69) is 10.2 Å². The van der Waals surface area contributed by atoms with Gasteiger partial charge in [0.1, 0.15) is 5.75 Å². The van der Waals surface area contributed by atoms with Crippen LogP contribution >= 0.6 is 22.9 Å². The molecule has 1 saturated heterocycles. The monoisotopic (exact) mass is 415 g/mol. The van der Waals surface area contributed by atoms with Gasteiger partial charge in [0, 0.05) is 24.7 Å². The van der Waals surface area contributed by atoms with Crippen molar-refractivity contribution in [1.29, 1.82) is 0 Å². The van der Waals surface area contributed by atoms with Gasteiger partial charge in [0.25, 0.3) is 0 Å². The first kappa shape index (κ1) is 19.0. The summed E-state index contributed by atoms with van der Waals surface area (Å²) in [6.45, 7) is 2.06. The Bertz CT molecular complexity index is 991. The van der Waals surface area contributed by atoms with Crippen LogP contribution in [0, 0.1) is 5.92 Å². The van der Waals surface area contributed by atoms with Crippen molar-refractivity contribution in [2.24, 2.45) is 5.92 Å². The molecule has 5 nitrogen and oxygen atoms in total. The Kier molecular flexibility index (Phi) is 5.69. The van der Waals surface area contributed by atoms with Crippen molar-refractivity contribution in [3.63, 3.8) is 0 Å². The van der Waals surface area contributed by atoms with Gasteiger partial charge in [-0.15, -0.1) is 0 Å². The zero-order valence-electron chi connectivity index (χ0n) is 15.7. The topological polar surface area (TPSA) is 54.5 Å². The molecule has 1 N–H and O–H groups in total. The van der Waals surface area contributed by atoms with E-state index in [-0.39, 0.29) is 11.8 Å². The molecule has 1 aliphatic heterocycles. The molecule has 0 bridgehead atoms. The first-order chi connectivity index (χ1) is 13.6. The van der Waals surface area contributed by atoms with Gasteiger partial charge < -0.3 is 15.0 Å². The molecule has 4 rings (SSSR count). The number of nitrogens with zero attached hydrogens (tertiary/aromatic N) is 2. The number of ether oxygens (including phenoxy) is 1. The maximum atomic E-state index is 12.7. The zero-order chi connectivity index (χ0) is 19.5. The molecule has 0 saturated carbocycles. The summed E-state index contributed by atoms with van der Waals surface area (Å²) in [6, 6.07) is 13.5. The lowest BCUT2D eigenvalue weighted by Gasteiger charge is -2.31. The minimum absolute atomic E-state index is 0.0437. The number of carbonyl (C=O) groups is 1. The van der Waals surface area contributed by atoms with Crippen molar-refractivity contribution >= 4 is 44.2 Å². The summed E-state index contributed by atoms with van der Waals surface area (Å²) >= 11 is 7.83. The number of piperidine rings is 1. The number of hydrogen-bond donors (Lipinski definition) is 1. The van der Waals surface area contributed by atoms with E-state index in [0.29, 0.717) is 18.1 Å². The molecule has 2 aromatic carbocycles. The van der Waals surface area contributed by atoms with Crippen LogP contribution in [0.1, 0.15) is 18.4 Å². The molecule has 0 aliphatic carbocycles. The van der Waals surface area contributed by atoms with E-state index in [0.717, 1.165) is 46.0 Å². The van der Waals surface area contributed by atoms with Gasteiger partial charge in [0.05, 0.1) is 23.2 Å². The van der Waals surface area contributed by atoms with Gasteiger partial charge >= 0.3 is 0 Å². The normalized spacial score (nSPS) is 16.9. The highest BCUT2D eigenvalue weighted by molar-refractivity contribution is 7.22. The number of fused-ring (bicyclic) bond motifs is 1. The fourth-order valence-corrected chi connectivity index (χ4v) is 4.72. The number of methoxy groups -OCH3 is 1. The molecule has 1 amide bonds. The lowest BCUT2D eigenvalue weighted by atomic mass is 9.97. The number of benzene rings is 2. The largest absolute Gasteiger partial charge is 0.497 e. The Labute approximate surface area is 173 Å². The zero-order valence-corrected chi connectivity index (χ0v) is 17.2. The van der Waals surface area contributed by atoms with Crippen molar-refractivity contribution in [3.05, 3.63) is 53.1 Å². The highest BCUT2D eigenvalue weighted by Crippen LogP contribution is 2.33. The van der Waals surface area contributed by atoms with E-state index in [1.54, 1.807) is 18.4 Å². The van der Waals surface area contributed by atoms with Crippen LogP contribution in [0.3, 0.4) is 0 Å². The lowest BCUT2D eigenvalue weighted by molar-refractivity contribution is -0.125. The number of halogens is 1. The van der Waals surface area contributed by atoms with E-state index < -0.39 is 0 Å². The maximum Gasteiger partial charge on any atom is 0.225 e. The molecule has 0 spiro atoms. The lowest BCUT2D eigenvalue weighted by Crippen LogP contribution is -2.43. The van der Waals surface area contributed by atoms with Crippen molar-refractivity contribution in [2.45, 2.75) is 19.4 Å². The third kappa shape index (κ3) is 4.08. The van der Waals surface area contributed by atoms with Crippen LogP contribution in [-0.4, -0.2) is 31.1 Å². The summed E-state index contributed by atoms with van der Waals surface area (Å²) in [5.41, 5.74) is 1.90. The van der Waals surface area contributed by atoms with Gasteiger partial charge in [0.15, 0.2) is 5.13 Å². The molecule has 0 unspecified atom stereocenters. The van der Waals surface area contributed by atoms with E-state index in [1.165, 1.54) is 0 Å². The first-order valence-corrected chi connectivity index (χ1v) is 10.5. The predicted molar refractivity (Wildman–Crippen MR) is 114 cm³/mol. The van der Waals surface area contributed by atoms with Crippen molar-refractivity contribution in [2.75, 3.05) is 25.1 Å². The van der Waals surface area contributed by atoms with Crippen LogP contribution in [0.15, 0.2) is 42.5 Å². The van der Waals surface area contributed by atoms with Gasteiger partial charge in [0.2, 0.25) is 5.91 Å². The second-order valence-corrected chi connectivity index (χ2v) is 8.34. The van der Waals surface area contributed by atoms with Crippen LogP contribution in [0.2, 0.25) is 5.02 Å². The van der Waals surface area contributed by atoms with E-state index in [9.17, 15) is 4.79 Å². The average molecular weight is 416 g/mol. The van der Waals surface area contributed by atoms with E-state index in [4.69, 9.17) is 21.3 Å². The molecular weight excluding hydrogens is 394 g/mol. The van der Waals surface area contributed by atoms with Crippen molar-refractivity contribution in [3.8, 4) is 5.75 Å². The Morgan fingerprint density at radius 3 is 3.04 bits per heavy atom. The minimum Gasteiger partial charge on any atom is -0.497 e. The molecule has 1 aliphatic rings. The Balaban J connectivity index is 1.42. The number of carbonyl (C=O) groups excluding carboxylic acids is 1. The SMILES string of the molecule is COc1ccc2nc(N3CCC[C@H](C(=O)NCc4ccccc4Cl)C3)sc2c1. The molecule has 1 aromatic heterocycles. The van der Waals surface area contributed by atoms with Gasteiger partial charge in [-0.1, -0.05) is 41.1 Å². The number of aromatic nitrogens is 1. The molecule has 7 heteroatoms. The molecule has 2 heterocycles. The van der Waals surface area contributed by atoms with Crippen LogP contribution < -0.4 is 15.0 Å². The Hall–Kier alpha value is -2.31. The maximum absolute atomic E-state index is 12.7. The minimum atomic E-state index is -0.0437. The van der Waals surface area contributed by atoms with Gasteiger partial charge in [-0.25, -0.2) is 4.98 Å². The number of rotatable bonds is 5. The molecule has 28 heavy (non-hydrogen) atoms. The Morgan fingerprint density at radius 2 is 2.21 bits per heavy atom. The number of nitrogens with one attached hydrogen (secondary N) is 1. The average Bonchev–Trinajstić information content (AvgIpc) is 3.16. The summed E-state index contributed by atoms with van der Waals surface area (Å²) in [5.74, 6) is 0.864. The fourth-order valence-electron chi connectivity index (χ4n) is 3.49. The Morgan fingerprint density at radius 1 is 1.36 bits per heavy atom. The predicted octanol–water partition coefficient (Wildman–Crippen LogP) is 4.49. The standard InChI is InChI=1S/C21H22ClN3O2S/c1-27-16-8-9-18-19(11-16)28-21(24-18)25-10-4-6-15(13-25)20(26)23-12-14-5-2-3-7-17(14)22/h2-3,5,7-9,11,15H,4,6,10,12-13H2,1H3,(H,23,26)/t15-/m0/s1. The number of thiazole rings is 1. The summed E-state index contributed by atoms with van der Waals surface area (Å²) in [6.07, 6.45) is 1.87. The molecular formula is C21H22ClN3O2S. The van der Waals surface area contributed by atoms with Gasteiger partial charge in [-0.2, -0.15) is 0 Å². The van der Waals surface area contributed by atoms with Crippen LogP contribution in [-0.2, 0) is 11.3 Å². The van der Waals surface area contributed by atoms with Gasteiger partial charge in [-0.3, -0.25) is 4.79 Å². The summed E-state index contributed by atoms with van der Waals surface area (Å²) in [5, 5.41) is 4.68. The molecule has 1 atom stereocenters. The van der Waals surface area contributed by atoms with Crippen molar-refractivity contribution in [1.82, 2.24) is 10.3 Å². The summed E-state index contributed by atoms with van der Waals surface area (Å²) in [4.78, 5) is 19.7. The van der Waals surface area contributed by atoms with Crippen molar-refractivity contribution < 1.29 is 9.53 Å². The quantitative estimate of drug-likeness (QED) is 0.667. The molecule has 146 valence electrons.